The Balaban J connectivity index is 2.09. The first-order valence-electron chi connectivity index (χ1n) is 8.43. The van der Waals surface area contributed by atoms with Crippen molar-refractivity contribution in [3.63, 3.8) is 0 Å². The zero-order valence-electron chi connectivity index (χ0n) is 14.9. The number of aryl methyl sites for hydroxylation is 2. The van der Waals surface area contributed by atoms with Gasteiger partial charge in [-0.15, -0.1) is 0 Å². The van der Waals surface area contributed by atoms with Gasteiger partial charge in [0, 0.05) is 26.1 Å². The number of rotatable bonds is 4. The molecule has 2 rings (SSSR count). The number of likely N-dealkylation sites (N-methyl/N-ethyl adjacent to an activating group) is 1. The van der Waals surface area contributed by atoms with E-state index in [1.54, 1.807) is 9.80 Å². The van der Waals surface area contributed by atoms with E-state index in [1.165, 1.54) is 16.7 Å². The predicted molar refractivity (Wildman–Crippen MR) is 92.0 cm³/mol. The van der Waals surface area contributed by atoms with E-state index >= 15 is 0 Å². The summed E-state index contributed by atoms with van der Waals surface area (Å²) in [6.07, 6.45) is 1.68. The van der Waals surface area contributed by atoms with Crippen LogP contribution in [0, 0.1) is 19.8 Å². The van der Waals surface area contributed by atoms with Gasteiger partial charge in [-0.2, -0.15) is 0 Å². The van der Waals surface area contributed by atoms with Gasteiger partial charge in [0.2, 0.25) is 11.8 Å². The Hall–Kier alpha value is -1.84. The normalized spacial score (nSPS) is 17.7. The molecule has 0 saturated carbocycles. The van der Waals surface area contributed by atoms with Crippen LogP contribution in [-0.2, 0) is 16.1 Å². The van der Waals surface area contributed by atoms with Crippen LogP contribution in [-0.4, -0.2) is 41.2 Å². The maximum Gasteiger partial charge on any atom is 0.245 e. The third kappa shape index (κ3) is 3.92. The van der Waals surface area contributed by atoms with E-state index in [-0.39, 0.29) is 23.8 Å². The lowest BCUT2D eigenvalue weighted by atomic mass is 10.0. The predicted octanol–water partition coefficient (Wildman–Crippen LogP) is 2.91. The van der Waals surface area contributed by atoms with Crippen molar-refractivity contribution in [3.05, 3.63) is 34.9 Å². The Kier molecular flexibility index (Phi) is 5.45. The maximum absolute atomic E-state index is 12.8. The van der Waals surface area contributed by atoms with E-state index in [0.29, 0.717) is 13.1 Å². The number of nitrogens with zero attached hydrogens (tertiary/aromatic N) is 2. The average Bonchev–Trinajstić information content (AvgIpc) is 2.98. The zero-order chi connectivity index (χ0) is 17.1. The van der Waals surface area contributed by atoms with E-state index in [2.05, 4.69) is 32.0 Å². The van der Waals surface area contributed by atoms with Crippen molar-refractivity contribution >= 4 is 11.8 Å². The zero-order valence-corrected chi connectivity index (χ0v) is 14.9. The molecule has 2 amide bonds. The molecule has 23 heavy (non-hydrogen) atoms. The van der Waals surface area contributed by atoms with E-state index in [1.807, 2.05) is 20.9 Å². The van der Waals surface area contributed by atoms with Gasteiger partial charge >= 0.3 is 0 Å². The fraction of sp³-hybridized carbons (Fsp3) is 0.579. The van der Waals surface area contributed by atoms with Crippen LogP contribution in [0.3, 0.4) is 0 Å². The van der Waals surface area contributed by atoms with Gasteiger partial charge in [-0.25, -0.2) is 0 Å². The van der Waals surface area contributed by atoms with Crippen molar-refractivity contribution in [2.75, 3.05) is 13.6 Å². The first-order chi connectivity index (χ1) is 10.8. The summed E-state index contributed by atoms with van der Waals surface area (Å²) in [6.45, 7) is 9.20. The van der Waals surface area contributed by atoms with Gasteiger partial charge in [-0.05, 0) is 37.8 Å². The van der Waals surface area contributed by atoms with Crippen molar-refractivity contribution in [1.29, 1.82) is 0 Å². The van der Waals surface area contributed by atoms with Crippen LogP contribution in [0.25, 0.3) is 0 Å². The molecule has 1 heterocycles. The Morgan fingerprint density at radius 2 is 2.00 bits per heavy atom. The summed E-state index contributed by atoms with van der Waals surface area (Å²) in [4.78, 5) is 28.6. The summed E-state index contributed by atoms with van der Waals surface area (Å²) in [5.74, 6) is 0.0751. The Morgan fingerprint density at radius 3 is 2.65 bits per heavy atom. The number of benzene rings is 1. The minimum atomic E-state index is -0.292. The van der Waals surface area contributed by atoms with Crippen LogP contribution in [0.15, 0.2) is 18.2 Å². The lowest BCUT2D eigenvalue weighted by Crippen LogP contribution is -2.47. The highest BCUT2D eigenvalue weighted by Crippen LogP contribution is 2.22. The molecule has 0 bridgehead atoms. The number of hydrogen-bond acceptors (Lipinski definition) is 2. The fourth-order valence-electron chi connectivity index (χ4n) is 3.18. The first-order valence-corrected chi connectivity index (χ1v) is 8.43. The monoisotopic (exact) mass is 316 g/mol. The second-order valence-corrected chi connectivity index (χ2v) is 6.97. The quantitative estimate of drug-likeness (QED) is 0.857. The summed E-state index contributed by atoms with van der Waals surface area (Å²) in [5.41, 5.74) is 3.56. The summed E-state index contributed by atoms with van der Waals surface area (Å²) in [6, 6.07) is 6.01. The molecule has 1 saturated heterocycles. The van der Waals surface area contributed by atoms with Crippen LogP contribution in [0.5, 0.6) is 0 Å². The summed E-state index contributed by atoms with van der Waals surface area (Å²) >= 11 is 0. The molecule has 126 valence electrons. The number of carbonyl (C=O) groups excluding carboxylic acids is 2. The highest BCUT2D eigenvalue weighted by molar-refractivity contribution is 5.88. The SMILES string of the molecule is Cc1ccc(C)c(CN(C)C(=O)C2CCCN2C(=O)C(C)C)c1. The van der Waals surface area contributed by atoms with Gasteiger partial charge in [0.05, 0.1) is 0 Å². The molecule has 0 aliphatic carbocycles. The lowest BCUT2D eigenvalue weighted by molar-refractivity contribution is -0.145. The van der Waals surface area contributed by atoms with Crippen LogP contribution >= 0.6 is 0 Å². The largest absolute Gasteiger partial charge is 0.340 e. The van der Waals surface area contributed by atoms with Crippen LogP contribution < -0.4 is 0 Å². The van der Waals surface area contributed by atoms with Gasteiger partial charge in [0.15, 0.2) is 0 Å². The topological polar surface area (TPSA) is 40.6 Å². The third-order valence-electron chi connectivity index (χ3n) is 4.60. The Labute approximate surface area is 139 Å². The molecule has 4 nitrogen and oxygen atoms in total. The smallest absolute Gasteiger partial charge is 0.245 e. The molecule has 0 aromatic heterocycles. The van der Waals surface area contributed by atoms with Gasteiger partial charge in [0.25, 0.3) is 0 Å². The number of likely N-dealkylation sites (tertiary alicyclic amines) is 1. The molecule has 1 aliphatic rings. The molecule has 1 fully saturated rings. The standard InChI is InChI=1S/C19H28N2O2/c1-13(2)18(22)21-10-6-7-17(21)19(23)20(5)12-16-11-14(3)8-9-15(16)4/h8-9,11,13,17H,6-7,10,12H2,1-5H3. The van der Waals surface area contributed by atoms with Gasteiger partial charge in [-0.1, -0.05) is 37.6 Å². The lowest BCUT2D eigenvalue weighted by Gasteiger charge is -2.29. The van der Waals surface area contributed by atoms with E-state index in [9.17, 15) is 9.59 Å². The van der Waals surface area contributed by atoms with E-state index in [0.717, 1.165) is 12.8 Å². The second kappa shape index (κ2) is 7.16. The van der Waals surface area contributed by atoms with Crippen molar-refractivity contribution in [2.45, 2.75) is 53.1 Å². The number of carbonyl (C=O) groups is 2. The van der Waals surface area contributed by atoms with Crippen molar-refractivity contribution in [1.82, 2.24) is 9.80 Å². The number of hydrogen-bond donors (Lipinski definition) is 0. The Morgan fingerprint density at radius 1 is 1.30 bits per heavy atom. The van der Waals surface area contributed by atoms with Gasteiger partial charge in [-0.3, -0.25) is 9.59 Å². The fourth-order valence-corrected chi connectivity index (χ4v) is 3.18. The van der Waals surface area contributed by atoms with Crippen LogP contribution in [0.2, 0.25) is 0 Å². The summed E-state index contributed by atoms with van der Waals surface area (Å²) in [7, 11) is 1.83. The first kappa shape index (κ1) is 17.5. The average molecular weight is 316 g/mol. The minimum Gasteiger partial charge on any atom is -0.340 e. The van der Waals surface area contributed by atoms with Crippen molar-refractivity contribution < 1.29 is 9.59 Å². The van der Waals surface area contributed by atoms with Crippen LogP contribution in [0.4, 0.5) is 0 Å². The maximum atomic E-state index is 12.8. The molecule has 0 N–H and O–H groups in total. The molecule has 0 radical (unpaired) electrons. The molecular formula is C19H28N2O2. The molecule has 4 heteroatoms. The van der Waals surface area contributed by atoms with E-state index < -0.39 is 0 Å². The van der Waals surface area contributed by atoms with Crippen LogP contribution in [0.1, 0.15) is 43.4 Å². The summed E-state index contributed by atoms with van der Waals surface area (Å²) in [5, 5.41) is 0. The van der Waals surface area contributed by atoms with Gasteiger partial charge < -0.3 is 9.80 Å². The van der Waals surface area contributed by atoms with Crippen molar-refractivity contribution in [3.8, 4) is 0 Å². The molecule has 0 spiro atoms. The Bertz CT molecular complexity index is 595. The third-order valence-corrected chi connectivity index (χ3v) is 4.60. The highest BCUT2D eigenvalue weighted by atomic mass is 16.2. The molecule has 1 atom stereocenters. The molecular weight excluding hydrogens is 288 g/mol. The molecule has 1 unspecified atom stereocenters. The summed E-state index contributed by atoms with van der Waals surface area (Å²) < 4.78 is 0. The minimum absolute atomic E-state index is 0.0532. The van der Waals surface area contributed by atoms with Gasteiger partial charge in [0.1, 0.15) is 6.04 Å². The number of amides is 2. The molecule has 1 aliphatic heterocycles. The van der Waals surface area contributed by atoms with Crippen molar-refractivity contribution in [2.24, 2.45) is 5.92 Å². The second-order valence-electron chi connectivity index (χ2n) is 6.97. The highest BCUT2D eigenvalue weighted by Gasteiger charge is 2.36. The van der Waals surface area contributed by atoms with E-state index in [4.69, 9.17) is 0 Å². The molecule has 1 aromatic carbocycles. The molecule has 1 aromatic rings.